The van der Waals surface area contributed by atoms with Gasteiger partial charge < -0.3 is 9.47 Å². The van der Waals surface area contributed by atoms with Gasteiger partial charge in [0.15, 0.2) is 0 Å². The van der Waals surface area contributed by atoms with Crippen molar-refractivity contribution in [1.29, 1.82) is 0 Å². The van der Waals surface area contributed by atoms with E-state index in [0.29, 0.717) is 23.3 Å². The highest BCUT2D eigenvalue weighted by atomic mass is 19.1. The van der Waals surface area contributed by atoms with Crippen molar-refractivity contribution in [2.75, 3.05) is 7.11 Å². The summed E-state index contributed by atoms with van der Waals surface area (Å²) >= 11 is 0. The molecule has 0 amide bonds. The molecule has 0 spiro atoms. The molecule has 0 saturated heterocycles. The minimum absolute atomic E-state index is 0.0326. The Labute approximate surface area is 177 Å². The zero-order chi connectivity index (χ0) is 21.1. The number of carbonyl (C=O) groups excluding carboxylic acids is 1. The molecule has 0 radical (unpaired) electrons. The smallest absolute Gasteiger partial charge is 0.346 e. The first-order chi connectivity index (χ1) is 14.6. The Morgan fingerprint density at radius 3 is 2.40 bits per heavy atom. The van der Waals surface area contributed by atoms with E-state index in [-0.39, 0.29) is 5.56 Å². The van der Waals surface area contributed by atoms with Crippen LogP contribution >= 0.6 is 0 Å². The summed E-state index contributed by atoms with van der Waals surface area (Å²) in [4.78, 5) is 12.4. The molecule has 0 heterocycles. The average Bonchev–Trinajstić information content (AvgIpc) is 2.78. The molecule has 4 unspecified atom stereocenters. The molecule has 2 aromatic rings. The molecule has 4 atom stereocenters. The van der Waals surface area contributed by atoms with Gasteiger partial charge in [-0.2, -0.15) is 0 Å². The van der Waals surface area contributed by atoms with Crippen LogP contribution in [0.4, 0.5) is 4.39 Å². The normalized spacial score (nSPS) is 25.8. The lowest BCUT2D eigenvalue weighted by atomic mass is 9.64. The fourth-order valence-corrected chi connectivity index (χ4v) is 5.20. The number of hydrogen-bond donors (Lipinski definition) is 0. The molecule has 4 heteroatoms. The molecule has 0 N–H and O–H groups in total. The summed E-state index contributed by atoms with van der Waals surface area (Å²) in [6.45, 7) is 3.97. The van der Waals surface area contributed by atoms with E-state index < -0.39 is 11.8 Å². The second kappa shape index (κ2) is 9.03. The predicted octanol–water partition coefficient (Wildman–Crippen LogP) is 6.54. The number of ether oxygens (including phenoxy) is 2. The highest BCUT2D eigenvalue weighted by Crippen LogP contribution is 2.47. The van der Waals surface area contributed by atoms with Crippen molar-refractivity contribution in [3.05, 3.63) is 72.1 Å². The van der Waals surface area contributed by atoms with Gasteiger partial charge >= 0.3 is 5.97 Å². The number of benzene rings is 2. The first kappa shape index (κ1) is 20.6. The number of rotatable bonds is 5. The quantitative estimate of drug-likeness (QED) is 0.320. The Morgan fingerprint density at radius 1 is 1.00 bits per heavy atom. The Hall–Kier alpha value is -2.62. The Balaban J connectivity index is 1.41. The Bertz CT molecular complexity index is 905. The summed E-state index contributed by atoms with van der Waals surface area (Å²) in [7, 11) is 1.57. The number of hydrogen-bond acceptors (Lipinski definition) is 3. The van der Waals surface area contributed by atoms with Gasteiger partial charge in [0.05, 0.1) is 12.7 Å². The van der Waals surface area contributed by atoms with Gasteiger partial charge in [0.2, 0.25) is 0 Å². The van der Waals surface area contributed by atoms with Crippen LogP contribution in [0.25, 0.3) is 0 Å². The second-order valence-corrected chi connectivity index (χ2v) is 8.64. The second-order valence-electron chi connectivity index (χ2n) is 8.64. The topological polar surface area (TPSA) is 35.5 Å². The van der Waals surface area contributed by atoms with E-state index in [1.165, 1.54) is 31.7 Å². The SMILES string of the molecule is C=CC1CCC2CC(c3ccc(C(=O)Oc4ccc(OC)cc4)c(F)c3)CCC2C1. The largest absolute Gasteiger partial charge is 0.497 e. The summed E-state index contributed by atoms with van der Waals surface area (Å²) in [6.07, 6.45) is 9.23. The summed E-state index contributed by atoms with van der Waals surface area (Å²) in [5, 5.41) is 0. The van der Waals surface area contributed by atoms with Crippen LogP contribution in [0.1, 0.15) is 60.4 Å². The lowest BCUT2D eigenvalue weighted by Crippen LogP contribution is -2.30. The van der Waals surface area contributed by atoms with Crippen LogP contribution in [0.5, 0.6) is 11.5 Å². The van der Waals surface area contributed by atoms with Crippen LogP contribution in [0, 0.1) is 23.6 Å². The molecule has 3 nitrogen and oxygen atoms in total. The highest BCUT2D eigenvalue weighted by Gasteiger charge is 2.35. The lowest BCUT2D eigenvalue weighted by molar-refractivity contribution is 0.0729. The standard InChI is InChI=1S/C26H29FO3/c1-3-17-4-5-19-15-20(7-6-18(19)14-17)21-8-13-24(25(27)16-21)26(28)30-23-11-9-22(29-2)10-12-23/h3,8-13,16-20H,1,4-7,14-15H2,2H3. The maximum absolute atomic E-state index is 14.8. The molecule has 0 aromatic heterocycles. The number of allylic oxidation sites excluding steroid dienone is 1. The van der Waals surface area contributed by atoms with Gasteiger partial charge in [-0.15, -0.1) is 6.58 Å². The van der Waals surface area contributed by atoms with Crippen molar-refractivity contribution in [2.45, 2.75) is 44.4 Å². The maximum atomic E-state index is 14.8. The molecule has 2 fully saturated rings. The molecule has 0 aliphatic heterocycles. The Morgan fingerprint density at radius 2 is 1.70 bits per heavy atom. The molecular weight excluding hydrogens is 379 g/mol. The van der Waals surface area contributed by atoms with E-state index in [1.54, 1.807) is 37.4 Å². The van der Waals surface area contributed by atoms with Crippen LogP contribution < -0.4 is 9.47 Å². The van der Waals surface area contributed by atoms with Crippen molar-refractivity contribution < 1.29 is 18.7 Å². The van der Waals surface area contributed by atoms with Crippen LogP contribution in [0.3, 0.4) is 0 Å². The van der Waals surface area contributed by atoms with Gasteiger partial charge in [-0.1, -0.05) is 12.1 Å². The van der Waals surface area contributed by atoms with Gasteiger partial charge in [0.25, 0.3) is 0 Å². The van der Waals surface area contributed by atoms with Crippen LogP contribution in [0.2, 0.25) is 0 Å². The maximum Gasteiger partial charge on any atom is 0.346 e. The number of fused-ring (bicyclic) bond motifs is 1. The van der Waals surface area contributed by atoms with Gasteiger partial charge in [-0.25, -0.2) is 9.18 Å². The van der Waals surface area contributed by atoms with Crippen LogP contribution in [-0.4, -0.2) is 13.1 Å². The molecule has 0 bridgehead atoms. The molecule has 2 aliphatic rings. The van der Waals surface area contributed by atoms with Crippen molar-refractivity contribution in [3.8, 4) is 11.5 Å². The molecule has 30 heavy (non-hydrogen) atoms. The van der Waals surface area contributed by atoms with E-state index in [9.17, 15) is 9.18 Å². The number of esters is 1. The summed E-state index contributed by atoms with van der Waals surface area (Å²) in [5.41, 5.74) is 0.965. The van der Waals surface area contributed by atoms with E-state index >= 15 is 0 Å². The summed E-state index contributed by atoms with van der Waals surface area (Å²) in [6, 6.07) is 11.6. The third kappa shape index (κ3) is 4.43. The zero-order valence-electron chi connectivity index (χ0n) is 17.5. The van der Waals surface area contributed by atoms with E-state index in [4.69, 9.17) is 9.47 Å². The first-order valence-electron chi connectivity index (χ1n) is 10.9. The molecule has 4 rings (SSSR count). The molecule has 158 valence electrons. The first-order valence-corrected chi connectivity index (χ1v) is 10.9. The predicted molar refractivity (Wildman–Crippen MR) is 115 cm³/mol. The fourth-order valence-electron chi connectivity index (χ4n) is 5.20. The Kier molecular flexibility index (Phi) is 6.21. The summed E-state index contributed by atoms with van der Waals surface area (Å²) in [5.74, 6) is 2.36. The van der Waals surface area contributed by atoms with Gasteiger partial charge in [-0.3, -0.25) is 0 Å². The van der Waals surface area contributed by atoms with Gasteiger partial charge in [0.1, 0.15) is 17.3 Å². The zero-order valence-corrected chi connectivity index (χ0v) is 17.5. The third-order valence-electron chi connectivity index (χ3n) is 6.94. The fraction of sp³-hybridized carbons (Fsp3) is 0.423. The van der Waals surface area contributed by atoms with E-state index in [2.05, 4.69) is 12.7 Å². The van der Waals surface area contributed by atoms with Gasteiger partial charge in [-0.05, 0) is 104 Å². The van der Waals surface area contributed by atoms with Crippen molar-refractivity contribution in [2.24, 2.45) is 17.8 Å². The van der Waals surface area contributed by atoms with Gasteiger partial charge in [0, 0.05) is 0 Å². The van der Waals surface area contributed by atoms with Crippen molar-refractivity contribution in [1.82, 2.24) is 0 Å². The molecule has 2 saturated carbocycles. The van der Waals surface area contributed by atoms with E-state index in [1.807, 2.05) is 6.07 Å². The average molecular weight is 409 g/mol. The van der Waals surface area contributed by atoms with Crippen molar-refractivity contribution >= 4 is 5.97 Å². The minimum Gasteiger partial charge on any atom is -0.497 e. The molecular formula is C26H29FO3. The number of halogens is 1. The van der Waals surface area contributed by atoms with E-state index in [0.717, 1.165) is 30.2 Å². The monoisotopic (exact) mass is 408 g/mol. The molecule has 2 aromatic carbocycles. The summed E-state index contributed by atoms with van der Waals surface area (Å²) < 4.78 is 25.2. The molecule has 2 aliphatic carbocycles. The lowest BCUT2D eigenvalue weighted by Gasteiger charge is -2.41. The van der Waals surface area contributed by atoms with Crippen molar-refractivity contribution in [3.63, 3.8) is 0 Å². The van der Waals surface area contributed by atoms with Crippen LogP contribution in [0.15, 0.2) is 55.1 Å². The number of methoxy groups -OCH3 is 1. The minimum atomic E-state index is -0.685. The van der Waals surface area contributed by atoms with Crippen LogP contribution in [-0.2, 0) is 0 Å². The highest BCUT2D eigenvalue weighted by molar-refractivity contribution is 5.91. The number of carbonyl (C=O) groups is 1. The third-order valence-corrected chi connectivity index (χ3v) is 6.94.